The number of nitrogens with two attached hydrogens (primary N) is 2. The second-order valence-corrected chi connectivity index (χ2v) is 5.34. The van der Waals surface area contributed by atoms with E-state index < -0.39 is 10.0 Å². The Bertz CT molecular complexity index is 501. The molecule has 1 aromatic heterocycles. The topological polar surface area (TPSA) is 99.1 Å². The lowest BCUT2D eigenvalue weighted by Gasteiger charge is -2.05. The molecule has 1 heterocycles. The molecule has 0 aliphatic carbocycles. The van der Waals surface area contributed by atoms with Crippen LogP contribution in [0.4, 0.5) is 5.82 Å². The van der Waals surface area contributed by atoms with Crippen molar-refractivity contribution >= 4 is 21.9 Å². The predicted molar refractivity (Wildman–Crippen MR) is 65.0 cm³/mol. The molecule has 88 valence electrons. The summed E-state index contributed by atoms with van der Waals surface area (Å²) in [5.41, 5.74) is 8.01. The highest BCUT2D eigenvalue weighted by Crippen LogP contribution is 2.17. The first-order valence-electron chi connectivity index (χ1n) is 4.68. The van der Waals surface area contributed by atoms with Crippen LogP contribution in [0.5, 0.6) is 0 Å². The Balaban J connectivity index is 3.08. The first kappa shape index (κ1) is 12.7. The van der Waals surface area contributed by atoms with Crippen molar-refractivity contribution in [2.75, 3.05) is 11.5 Å². The standard InChI is InChI=1S/C10H15N3O2S/c1-7(6-16(12,14)15)5-9-8(2)3-4-13-10(9)11/h3-5H,6H2,1-2H3,(H2,11,13)(H2,12,14,15)/b7-5-. The van der Waals surface area contributed by atoms with E-state index in [0.29, 0.717) is 11.4 Å². The molecule has 1 rings (SSSR count). The van der Waals surface area contributed by atoms with Crippen molar-refractivity contribution < 1.29 is 8.42 Å². The van der Waals surface area contributed by atoms with Crippen molar-refractivity contribution in [3.8, 4) is 0 Å². The quantitative estimate of drug-likeness (QED) is 0.812. The maximum Gasteiger partial charge on any atom is 0.212 e. The number of hydrogen-bond acceptors (Lipinski definition) is 4. The zero-order valence-electron chi connectivity index (χ0n) is 9.27. The number of nitrogen functional groups attached to an aromatic ring is 1. The monoisotopic (exact) mass is 241 g/mol. The van der Waals surface area contributed by atoms with Gasteiger partial charge in [-0.3, -0.25) is 0 Å². The smallest absolute Gasteiger partial charge is 0.212 e. The molecule has 0 aliphatic rings. The summed E-state index contributed by atoms with van der Waals surface area (Å²) < 4.78 is 21.8. The van der Waals surface area contributed by atoms with Gasteiger partial charge >= 0.3 is 0 Å². The highest BCUT2D eigenvalue weighted by molar-refractivity contribution is 7.89. The zero-order valence-corrected chi connectivity index (χ0v) is 10.1. The molecule has 0 fully saturated rings. The molecule has 0 radical (unpaired) electrons. The molecular formula is C10H15N3O2S. The van der Waals surface area contributed by atoms with E-state index in [1.807, 2.05) is 13.0 Å². The average molecular weight is 241 g/mol. The van der Waals surface area contributed by atoms with Gasteiger partial charge in [0.25, 0.3) is 0 Å². The molecule has 1 aromatic rings. The minimum absolute atomic E-state index is 0.180. The Kier molecular flexibility index (Phi) is 3.66. The third-order valence-corrected chi connectivity index (χ3v) is 2.92. The van der Waals surface area contributed by atoms with Gasteiger partial charge < -0.3 is 5.73 Å². The molecule has 4 N–H and O–H groups in total. The van der Waals surface area contributed by atoms with E-state index in [9.17, 15) is 8.42 Å². The van der Waals surface area contributed by atoms with Crippen molar-refractivity contribution in [1.29, 1.82) is 0 Å². The number of primary sulfonamides is 1. The van der Waals surface area contributed by atoms with Crippen LogP contribution in [0.1, 0.15) is 18.1 Å². The third kappa shape index (κ3) is 3.63. The van der Waals surface area contributed by atoms with Crippen molar-refractivity contribution in [2.45, 2.75) is 13.8 Å². The summed E-state index contributed by atoms with van der Waals surface area (Å²) in [5.74, 6) is 0.203. The minimum Gasteiger partial charge on any atom is -0.383 e. The molecular weight excluding hydrogens is 226 g/mol. The first-order chi connectivity index (χ1) is 7.29. The fourth-order valence-electron chi connectivity index (χ4n) is 1.38. The third-order valence-electron chi connectivity index (χ3n) is 2.06. The van der Waals surface area contributed by atoms with Gasteiger partial charge in [0.05, 0.1) is 5.75 Å². The van der Waals surface area contributed by atoms with Crippen molar-refractivity contribution in [2.24, 2.45) is 5.14 Å². The van der Waals surface area contributed by atoms with Crippen LogP contribution < -0.4 is 10.9 Å². The summed E-state index contributed by atoms with van der Waals surface area (Å²) in [6, 6.07) is 1.81. The second-order valence-electron chi connectivity index (χ2n) is 3.72. The van der Waals surface area contributed by atoms with Gasteiger partial charge in [0, 0.05) is 11.8 Å². The van der Waals surface area contributed by atoms with E-state index in [-0.39, 0.29) is 5.75 Å². The fourth-order valence-corrected chi connectivity index (χ4v) is 2.10. The summed E-state index contributed by atoms with van der Waals surface area (Å²) in [7, 11) is -3.50. The minimum atomic E-state index is -3.50. The highest BCUT2D eigenvalue weighted by Gasteiger charge is 2.06. The van der Waals surface area contributed by atoms with E-state index >= 15 is 0 Å². The van der Waals surface area contributed by atoms with E-state index in [0.717, 1.165) is 11.1 Å². The molecule has 6 heteroatoms. The summed E-state index contributed by atoms with van der Waals surface area (Å²) in [4.78, 5) is 3.94. The summed E-state index contributed by atoms with van der Waals surface area (Å²) >= 11 is 0. The number of pyridine rings is 1. The van der Waals surface area contributed by atoms with Gasteiger partial charge in [-0.2, -0.15) is 0 Å². The van der Waals surface area contributed by atoms with Crippen LogP contribution in [0.2, 0.25) is 0 Å². The van der Waals surface area contributed by atoms with Crippen LogP contribution in [0.3, 0.4) is 0 Å². The number of nitrogens with zero attached hydrogens (tertiary/aromatic N) is 1. The number of rotatable bonds is 3. The zero-order chi connectivity index (χ0) is 12.3. The number of aryl methyl sites for hydroxylation is 1. The van der Waals surface area contributed by atoms with E-state index in [2.05, 4.69) is 4.98 Å². The van der Waals surface area contributed by atoms with Gasteiger partial charge in [0.1, 0.15) is 5.82 Å². The molecule has 0 atom stereocenters. The van der Waals surface area contributed by atoms with Gasteiger partial charge in [-0.25, -0.2) is 18.5 Å². The molecule has 0 bridgehead atoms. The predicted octanol–water partition coefficient (Wildman–Crippen LogP) is 0.664. The fraction of sp³-hybridized carbons (Fsp3) is 0.300. The maximum absolute atomic E-state index is 10.9. The lowest BCUT2D eigenvalue weighted by molar-refractivity contribution is 0.600. The number of sulfonamides is 1. The van der Waals surface area contributed by atoms with Gasteiger partial charge in [0.15, 0.2) is 0 Å². The SMILES string of the molecule is C/C(=C/c1c(C)ccnc1N)CS(N)(=O)=O. The van der Waals surface area contributed by atoms with Gasteiger partial charge in [-0.05, 0) is 25.5 Å². The molecule has 0 aromatic carbocycles. The van der Waals surface area contributed by atoms with Crippen molar-refractivity contribution in [3.63, 3.8) is 0 Å². The van der Waals surface area contributed by atoms with E-state index in [4.69, 9.17) is 10.9 Å². The Morgan fingerprint density at radius 1 is 1.56 bits per heavy atom. The van der Waals surface area contributed by atoms with Crippen molar-refractivity contribution in [1.82, 2.24) is 4.98 Å². The molecule has 16 heavy (non-hydrogen) atoms. The maximum atomic E-state index is 10.9. The average Bonchev–Trinajstić information content (AvgIpc) is 2.08. The Morgan fingerprint density at radius 2 is 2.19 bits per heavy atom. The summed E-state index contributed by atoms with van der Waals surface area (Å²) in [6.07, 6.45) is 3.30. The van der Waals surface area contributed by atoms with Crippen LogP contribution in [-0.2, 0) is 10.0 Å². The van der Waals surface area contributed by atoms with Gasteiger partial charge in [-0.15, -0.1) is 0 Å². The van der Waals surface area contributed by atoms with E-state index in [1.54, 1.807) is 19.2 Å². The molecule has 0 aliphatic heterocycles. The van der Waals surface area contributed by atoms with Crippen LogP contribution >= 0.6 is 0 Å². The Labute approximate surface area is 95.2 Å². The van der Waals surface area contributed by atoms with Crippen LogP contribution in [0.15, 0.2) is 17.8 Å². The summed E-state index contributed by atoms with van der Waals surface area (Å²) in [5, 5.41) is 4.95. The molecule has 5 nitrogen and oxygen atoms in total. The van der Waals surface area contributed by atoms with E-state index in [1.165, 1.54) is 0 Å². The van der Waals surface area contributed by atoms with Crippen LogP contribution in [-0.4, -0.2) is 19.2 Å². The molecule has 0 spiro atoms. The second kappa shape index (κ2) is 4.63. The van der Waals surface area contributed by atoms with Crippen LogP contribution in [0, 0.1) is 6.92 Å². The number of hydrogen-bond donors (Lipinski definition) is 2. The van der Waals surface area contributed by atoms with Crippen molar-refractivity contribution in [3.05, 3.63) is 29.0 Å². The largest absolute Gasteiger partial charge is 0.383 e. The van der Waals surface area contributed by atoms with Gasteiger partial charge in [0.2, 0.25) is 10.0 Å². The summed E-state index contributed by atoms with van der Waals surface area (Å²) in [6.45, 7) is 3.57. The lowest BCUT2D eigenvalue weighted by Crippen LogP contribution is -2.17. The first-order valence-corrected chi connectivity index (χ1v) is 6.40. The normalized spacial score (nSPS) is 12.8. The van der Waals surface area contributed by atoms with Gasteiger partial charge in [-0.1, -0.05) is 11.6 Å². The molecule has 0 saturated carbocycles. The number of aromatic nitrogens is 1. The molecule has 0 amide bonds. The van der Waals surface area contributed by atoms with Crippen LogP contribution in [0.25, 0.3) is 6.08 Å². The lowest BCUT2D eigenvalue weighted by atomic mass is 10.1. The molecule has 0 saturated heterocycles. The highest BCUT2D eigenvalue weighted by atomic mass is 32.2. The number of anilines is 1. The molecule has 0 unspecified atom stereocenters. The Morgan fingerprint density at radius 3 is 2.69 bits per heavy atom. The Hall–Kier alpha value is -1.40.